The highest BCUT2D eigenvalue weighted by Crippen LogP contribution is 2.17. The molecule has 0 bridgehead atoms. The van der Waals surface area contributed by atoms with Crippen LogP contribution in [0.25, 0.3) is 11.4 Å². The van der Waals surface area contributed by atoms with E-state index >= 15 is 0 Å². The van der Waals surface area contributed by atoms with Crippen molar-refractivity contribution >= 4 is 5.91 Å². The quantitative estimate of drug-likeness (QED) is 0.841. The summed E-state index contributed by atoms with van der Waals surface area (Å²) in [4.78, 5) is 20.8. The summed E-state index contributed by atoms with van der Waals surface area (Å²) < 4.78 is 5.31. The fourth-order valence-corrected chi connectivity index (χ4v) is 2.86. The molecule has 0 radical (unpaired) electrons. The molecule has 24 heavy (non-hydrogen) atoms. The number of rotatable bonds is 5. The van der Waals surface area contributed by atoms with Gasteiger partial charge in [0.15, 0.2) is 0 Å². The molecule has 1 saturated heterocycles. The van der Waals surface area contributed by atoms with Gasteiger partial charge in [-0.05, 0) is 26.5 Å². The van der Waals surface area contributed by atoms with Crippen LogP contribution in [0.4, 0.5) is 0 Å². The molecule has 6 heteroatoms. The van der Waals surface area contributed by atoms with Gasteiger partial charge in [-0.1, -0.05) is 28.9 Å². The third-order valence-corrected chi connectivity index (χ3v) is 4.38. The Labute approximate surface area is 142 Å². The van der Waals surface area contributed by atoms with Crippen LogP contribution >= 0.6 is 0 Å². The number of amides is 1. The van der Waals surface area contributed by atoms with E-state index in [4.69, 9.17) is 4.52 Å². The molecule has 1 aromatic heterocycles. The standard InChI is InChI=1S/C18H24N4O2/c1-14-5-3-6-15(13-14)18-19-16(24-20-18)7-4-8-17(23)22-11-9-21(2)10-12-22/h3,5-6,13H,4,7-12H2,1-2H3. The highest BCUT2D eigenvalue weighted by molar-refractivity contribution is 5.76. The molecule has 0 aliphatic carbocycles. The van der Waals surface area contributed by atoms with Crippen LogP contribution in [0.15, 0.2) is 28.8 Å². The second kappa shape index (κ2) is 7.57. The van der Waals surface area contributed by atoms with Crippen LogP contribution in [0.5, 0.6) is 0 Å². The molecule has 1 amide bonds. The van der Waals surface area contributed by atoms with Gasteiger partial charge in [0.05, 0.1) is 0 Å². The van der Waals surface area contributed by atoms with Crippen molar-refractivity contribution in [1.29, 1.82) is 0 Å². The highest BCUT2D eigenvalue weighted by Gasteiger charge is 2.18. The Morgan fingerprint density at radius 3 is 2.79 bits per heavy atom. The Balaban J connectivity index is 1.48. The fourth-order valence-electron chi connectivity index (χ4n) is 2.86. The molecule has 2 aromatic rings. The fraction of sp³-hybridized carbons (Fsp3) is 0.500. The van der Waals surface area contributed by atoms with Crippen LogP contribution in [0, 0.1) is 6.92 Å². The number of likely N-dealkylation sites (N-methyl/N-ethyl adjacent to an activating group) is 1. The summed E-state index contributed by atoms with van der Waals surface area (Å²) in [6, 6.07) is 8.02. The van der Waals surface area contributed by atoms with Crippen LogP contribution in [-0.4, -0.2) is 59.1 Å². The Hall–Kier alpha value is -2.21. The van der Waals surface area contributed by atoms with E-state index in [-0.39, 0.29) is 5.91 Å². The smallest absolute Gasteiger partial charge is 0.226 e. The number of hydrogen-bond donors (Lipinski definition) is 0. The lowest BCUT2D eigenvalue weighted by molar-refractivity contribution is -0.132. The largest absolute Gasteiger partial charge is 0.340 e. The van der Waals surface area contributed by atoms with Gasteiger partial charge in [-0.15, -0.1) is 0 Å². The highest BCUT2D eigenvalue weighted by atomic mass is 16.5. The molecule has 1 aliphatic rings. The second-order valence-corrected chi connectivity index (χ2v) is 6.42. The molecule has 2 heterocycles. The Morgan fingerprint density at radius 1 is 1.25 bits per heavy atom. The van der Waals surface area contributed by atoms with E-state index in [1.807, 2.05) is 36.1 Å². The number of aromatic nitrogens is 2. The number of nitrogens with zero attached hydrogens (tertiary/aromatic N) is 4. The zero-order valence-electron chi connectivity index (χ0n) is 14.4. The van der Waals surface area contributed by atoms with Gasteiger partial charge in [-0.25, -0.2) is 0 Å². The summed E-state index contributed by atoms with van der Waals surface area (Å²) in [5, 5.41) is 4.04. The van der Waals surface area contributed by atoms with Crippen molar-refractivity contribution in [3.63, 3.8) is 0 Å². The maximum Gasteiger partial charge on any atom is 0.226 e. The van der Waals surface area contributed by atoms with Gasteiger partial charge in [0.1, 0.15) is 0 Å². The molecule has 1 aromatic carbocycles. The molecule has 6 nitrogen and oxygen atoms in total. The van der Waals surface area contributed by atoms with Gasteiger partial charge < -0.3 is 14.3 Å². The minimum atomic E-state index is 0.224. The number of hydrogen-bond acceptors (Lipinski definition) is 5. The summed E-state index contributed by atoms with van der Waals surface area (Å²) in [7, 11) is 2.09. The molecule has 0 unspecified atom stereocenters. The predicted molar refractivity (Wildman–Crippen MR) is 91.5 cm³/mol. The minimum absolute atomic E-state index is 0.224. The first-order chi connectivity index (χ1) is 11.6. The first-order valence-corrected chi connectivity index (χ1v) is 8.48. The van der Waals surface area contributed by atoms with Crippen LogP contribution in [0.1, 0.15) is 24.3 Å². The lowest BCUT2D eigenvalue weighted by Crippen LogP contribution is -2.47. The first kappa shape index (κ1) is 16.6. The van der Waals surface area contributed by atoms with Crippen LogP contribution in [0.2, 0.25) is 0 Å². The molecule has 0 atom stereocenters. The topological polar surface area (TPSA) is 62.5 Å². The number of piperazine rings is 1. The molecule has 1 fully saturated rings. The van der Waals surface area contributed by atoms with Gasteiger partial charge in [-0.2, -0.15) is 4.98 Å². The SMILES string of the molecule is Cc1cccc(-c2noc(CCCC(=O)N3CCN(C)CC3)n2)c1. The lowest BCUT2D eigenvalue weighted by Gasteiger charge is -2.32. The average molecular weight is 328 g/mol. The minimum Gasteiger partial charge on any atom is -0.340 e. The van der Waals surface area contributed by atoms with Crippen molar-refractivity contribution < 1.29 is 9.32 Å². The van der Waals surface area contributed by atoms with E-state index in [9.17, 15) is 4.79 Å². The molecule has 0 N–H and O–H groups in total. The van der Waals surface area contributed by atoms with Crippen molar-refractivity contribution in [2.75, 3.05) is 33.2 Å². The number of carbonyl (C=O) groups excluding carboxylic acids is 1. The molecule has 0 saturated carbocycles. The molecule has 3 rings (SSSR count). The second-order valence-electron chi connectivity index (χ2n) is 6.42. The third-order valence-electron chi connectivity index (χ3n) is 4.38. The molecular weight excluding hydrogens is 304 g/mol. The van der Waals surface area contributed by atoms with Crippen LogP contribution in [-0.2, 0) is 11.2 Å². The maximum atomic E-state index is 12.2. The lowest BCUT2D eigenvalue weighted by atomic mass is 10.1. The first-order valence-electron chi connectivity index (χ1n) is 8.48. The molecular formula is C18H24N4O2. The van der Waals surface area contributed by atoms with E-state index in [1.165, 1.54) is 0 Å². The molecule has 128 valence electrons. The van der Waals surface area contributed by atoms with Gasteiger partial charge in [0.25, 0.3) is 0 Å². The van der Waals surface area contributed by atoms with Gasteiger partial charge in [0.2, 0.25) is 17.6 Å². The van der Waals surface area contributed by atoms with Crippen LogP contribution < -0.4 is 0 Å². The van der Waals surface area contributed by atoms with E-state index in [0.29, 0.717) is 24.6 Å². The maximum absolute atomic E-state index is 12.2. The van der Waals surface area contributed by atoms with Crippen LogP contribution in [0.3, 0.4) is 0 Å². The average Bonchev–Trinajstić information content (AvgIpc) is 3.04. The zero-order chi connectivity index (χ0) is 16.9. The van der Waals surface area contributed by atoms with Crippen molar-refractivity contribution in [2.45, 2.75) is 26.2 Å². The van der Waals surface area contributed by atoms with E-state index in [0.717, 1.165) is 43.7 Å². The van der Waals surface area contributed by atoms with Gasteiger partial charge in [0, 0.05) is 44.6 Å². The Morgan fingerprint density at radius 2 is 2.04 bits per heavy atom. The summed E-state index contributed by atoms with van der Waals surface area (Å²) in [6.07, 6.45) is 1.91. The predicted octanol–water partition coefficient (Wildman–Crippen LogP) is 2.14. The summed E-state index contributed by atoms with van der Waals surface area (Å²) in [5.41, 5.74) is 2.12. The Kier molecular flexibility index (Phi) is 5.25. The number of carbonyl (C=O) groups is 1. The summed E-state index contributed by atoms with van der Waals surface area (Å²) in [6.45, 7) is 5.60. The van der Waals surface area contributed by atoms with E-state index in [1.54, 1.807) is 0 Å². The zero-order valence-corrected chi connectivity index (χ0v) is 14.4. The van der Waals surface area contributed by atoms with Gasteiger partial charge in [-0.3, -0.25) is 4.79 Å². The van der Waals surface area contributed by atoms with E-state index in [2.05, 4.69) is 22.1 Å². The summed E-state index contributed by atoms with van der Waals surface area (Å²) >= 11 is 0. The molecule has 1 aliphatic heterocycles. The summed E-state index contributed by atoms with van der Waals surface area (Å²) in [5.74, 6) is 1.43. The van der Waals surface area contributed by atoms with Crippen molar-refractivity contribution in [1.82, 2.24) is 19.9 Å². The van der Waals surface area contributed by atoms with Gasteiger partial charge >= 0.3 is 0 Å². The number of benzene rings is 1. The normalized spacial score (nSPS) is 15.7. The monoisotopic (exact) mass is 328 g/mol. The van der Waals surface area contributed by atoms with E-state index < -0.39 is 0 Å². The number of aryl methyl sites for hydroxylation is 2. The third kappa shape index (κ3) is 4.20. The Bertz CT molecular complexity index is 690. The van der Waals surface area contributed by atoms with Crippen molar-refractivity contribution in [3.8, 4) is 11.4 Å². The molecule has 0 spiro atoms. The van der Waals surface area contributed by atoms with Crippen molar-refractivity contribution in [3.05, 3.63) is 35.7 Å². The van der Waals surface area contributed by atoms with Crippen molar-refractivity contribution in [2.24, 2.45) is 0 Å².